The van der Waals surface area contributed by atoms with E-state index in [9.17, 15) is 13.6 Å². The maximum Gasteiger partial charge on any atom is 0.338 e. The van der Waals surface area contributed by atoms with Crippen LogP contribution in [0.3, 0.4) is 0 Å². The number of carboxylic acids is 1. The highest BCUT2D eigenvalue weighted by Gasteiger charge is 2.23. The van der Waals surface area contributed by atoms with Crippen LogP contribution in [0.4, 0.5) is 8.78 Å². The zero-order chi connectivity index (χ0) is 11.6. The number of carbonyl (C=O) groups is 1. The molecule has 0 unspecified atom stereocenters. The van der Waals surface area contributed by atoms with Crippen molar-refractivity contribution in [1.29, 1.82) is 0 Å². The van der Waals surface area contributed by atoms with Crippen molar-refractivity contribution in [2.45, 2.75) is 13.0 Å². The second-order valence-electron chi connectivity index (χ2n) is 2.67. The first-order valence-electron chi connectivity index (χ1n) is 3.88. The van der Waals surface area contributed by atoms with E-state index in [2.05, 4.69) is 4.98 Å². The predicted molar refractivity (Wildman–Crippen MR) is 49.1 cm³/mol. The molecule has 7 heteroatoms. The Morgan fingerprint density at radius 3 is 2.67 bits per heavy atom. The average Bonchev–Trinajstić information content (AvgIpc) is 2.15. The highest BCUT2D eigenvalue weighted by atomic mass is 35.5. The molecule has 0 saturated carbocycles. The quantitative estimate of drug-likeness (QED) is 0.785. The summed E-state index contributed by atoms with van der Waals surface area (Å²) >= 11 is 5.46. The van der Waals surface area contributed by atoms with Gasteiger partial charge in [0.2, 0.25) is 0 Å². The van der Waals surface area contributed by atoms with Crippen LogP contribution in [0.1, 0.15) is 28.0 Å². The molecule has 0 radical (unpaired) electrons. The van der Waals surface area contributed by atoms with Gasteiger partial charge in [0.15, 0.2) is 0 Å². The standard InChI is InChI=1S/C8H7ClF2N2O2/c9-4-1-3(2-12)5(8(14)15)6(13-4)7(10)11/h1,7H,2,12H2,(H,14,15). The van der Waals surface area contributed by atoms with E-state index in [1.807, 2.05) is 0 Å². The lowest BCUT2D eigenvalue weighted by Crippen LogP contribution is -2.12. The van der Waals surface area contributed by atoms with E-state index in [-0.39, 0.29) is 17.3 Å². The van der Waals surface area contributed by atoms with Crippen LogP contribution >= 0.6 is 11.6 Å². The van der Waals surface area contributed by atoms with Crippen molar-refractivity contribution >= 4 is 17.6 Å². The Morgan fingerprint density at radius 1 is 1.67 bits per heavy atom. The van der Waals surface area contributed by atoms with E-state index in [1.165, 1.54) is 0 Å². The Balaban J connectivity index is 3.47. The molecule has 0 aliphatic rings. The molecule has 0 aromatic carbocycles. The fraction of sp³-hybridized carbons (Fsp3) is 0.250. The van der Waals surface area contributed by atoms with Gasteiger partial charge in [0.1, 0.15) is 10.8 Å². The Kier molecular flexibility index (Phi) is 3.54. The number of rotatable bonds is 3. The number of halogens is 3. The zero-order valence-corrected chi connectivity index (χ0v) is 8.13. The summed E-state index contributed by atoms with van der Waals surface area (Å²) in [7, 11) is 0. The number of aromatic nitrogens is 1. The largest absolute Gasteiger partial charge is 0.478 e. The van der Waals surface area contributed by atoms with Crippen LogP contribution in [0, 0.1) is 0 Å². The minimum Gasteiger partial charge on any atom is -0.478 e. The molecule has 15 heavy (non-hydrogen) atoms. The third-order valence-corrected chi connectivity index (χ3v) is 1.93. The van der Waals surface area contributed by atoms with Crippen LogP contribution in [0.25, 0.3) is 0 Å². The van der Waals surface area contributed by atoms with Gasteiger partial charge in [0.25, 0.3) is 6.43 Å². The van der Waals surface area contributed by atoms with E-state index in [4.69, 9.17) is 22.4 Å². The Hall–Kier alpha value is -1.27. The van der Waals surface area contributed by atoms with Crippen molar-refractivity contribution in [1.82, 2.24) is 4.98 Å². The second kappa shape index (κ2) is 4.50. The van der Waals surface area contributed by atoms with Crippen molar-refractivity contribution in [3.05, 3.63) is 28.0 Å². The maximum atomic E-state index is 12.5. The summed E-state index contributed by atoms with van der Waals surface area (Å²) in [5, 5.41) is 8.55. The molecule has 0 amide bonds. The van der Waals surface area contributed by atoms with Crippen LogP contribution < -0.4 is 5.73 Å². The van der Waals surface area contributed by atoms with Crippen LogP contribution in [-0.2, 0) is 6.54 Å². The normalized spacial score (nSPS) is 10.7. The van der Waals surface area contributed by atoms with Crippen molar-refractivity contribution in [2.75, 3.05) is 0 Å². The van der Waals surface area contributed by atoms with Crippen molar-refractivity contribution < 1.29 is 18.7 Å². The molecule has 3 N–H and O–H groups in total. The molecular formula is C8H7ClF2N2O2. The third-order valence-electron chi connectivity index (χ3n) is 1.74. The number of hydrogen-bond acceptors (Lipinski definition) is 3. The van der Waals surface area contributed by atoms with Gasteiger partial charge in [-0.25, -0.2) is 18.6 Å². The first-order valence-corrected chi connectivity index (χ1v) is 4.26. The average molecular weight is 237 g/mol. The topological polar surface area (TPSA) is 76.2 Å². The summed E-state index contributed by atoms with van der Waals surface area (Å²) < 4.78 is 24.9. The molecule has 4 nitrogen and oxygen atoms in total. The summed E-state index contributed by atoms with van der Waals surface area (Å²) in [5.74, 6) is -1.49. The van der Waals surface area contributed by atoms with E-state index in [0.29, 0.717) is 0 Å². The lowest BCUT2D eigenvalue weighted by molar-refractivity contribution is 0.0681. The maximum absolute atomic E-state index is 12.5. The number of carboxylic acid groups (broad SMARTS) is 1. The molecule has 0 spiro atoms. The lowest BCUT2D eigenvalue weighted by atomic mass is 10.1. The van der Waals surface area contributed by atoms with Gasteiger partial charge < -0.3 is 10.8 Å². The van der Waals surface area contributed by atoms with Crippen molar-refractivity contribution in [3.8, 4) is 0 Å². The monoisotopic (exact) mass is 236 g/mol. The molecule has 0 aliphatic heterocycles. The molecular weight excluding hydrogens is 230 g/mol. The molecule has 0 atom stereocenters. The van der Waals surface area contributed by atoms with Crippen LogP contribution in [0.2, 0.25) is 5.15 Å². The number of nitrogens with two attached hydrogens (primary N) is 1. The number of nitrogens with zero attached hydrogens (tertiary/aromatic N) is 1. The number of pyridine rings is 1. The zero-order valence-electron chi connectivity index (χ0n) is 7.38. The molecule has 0 aliphatic carbocycles. The van der Waals surface area contributed by atoms with Gasteiger partial charge in [-0.05, 0) is 11.6 Å². The van der Waals surface area contributed by atoms with E-state index < -0.39 is 23.7 Å². The molecule has 82 valence electrons. The Bertz CT molecular complexity index is 398. The first-order chi connectivity index (χ1) is 6.97. The third kappa shape index (κ3) is 2.40. The van der Waals surface area contributed by atoms with Gasteiger partial charge in [-0.1, -0.05) is 11.6 Å². The minimum atomic E-state index is -3.00. The first kappa shape index (κ1) is 11.8. The van der Waals surface area contributed by atoms with Crippen LogP contribution in [0.5, 0.6) is 0 Å². The van der Waals surface area contributed by atoms with E-state index in [1.54, 1.807) is 0 Å². The summed E-state index contributed by atoms with van der Waals surface area (Å²) in [4.78, 5) is 14.0. The van der Waals surface area contributed by atoms with Gasteiger partial charge in [-0.3, -0.25) is 0 Å². The van der Waals surface area contributed by atoms with Crippen LogP contribution in [-0.4, -0.2) is 16.1 Å². The van der Waals surface area contributed by atoms with E-state index >= 15 is 0 Å². The summed E-state index contributed by atoms with van der Waals surface area (Å²) in [6.45, 7) is -0.191. The number of hydrogen-bond donors (Lipinski definition) is 2. The highest BCUT2D eigenvalue weighted by molar-refractivity contribution is 6.29. The molecule has 0 bridgehead atoms. The number of aromatic carboxylic acids is 1. The lowest BCUT2D eigenvalue weighted by Gasteiger charge is -2.09. The second-order valence-corrected chi connectivity index (χ2v) is 3.06. The molecule has 1 aromatic rings. The molecule has 1 aromatic heterocycles. The summed E-state index contributed by atoms with van der Waals surface area (Å²) in [5.41, 5.74) is 3.85. The summed E-state index contributed by atoms with van der Waals surface area (Å²) in [6, 6.07) is 1.16. The van der Waals surface area contributed by atoms with Crippen molar-refractivity contribution in [3.63, 3.8) is 0 Å². The van der Waals surface area contributed by atoms with Crippen LogP contribution in [0.15, 0.2) is 6.07 Å². The van der Waals surface area contributed by atoms with Gasteiger partial charge in [0, 0.05) is 6.54 Å². The molecule has 0 saturated heterocycles. The van der Waals surface area contributed by atoms with Gasteiger partial charge in [-0.15, -0.1) is 0 Å². The molecule has 1 rings (SSSR count). The number of alkyl halides is 2. The smallest absolute Gasteiger partial charge is 0.338 e. The molecule has 1 heterocycles. The van der Waals surface area contributed by atoms with Crippen molar-refractivity contribution in [2.24, 2.45) is 5.73 Å². The highest BCUT2D eigenvalue weighted by Crippen LogP contribution is 2.26. The van der Waals surface area contributed by atoms with E-state index in [0.717, 1.165) is 6.07 Å². The van der Waals surface area contributed by atoms with Gasteiger partial charge >= 0.3 is 5.97 Å². The predicted octanol–water partition coefficient (Wildman–Crippen LogP) is 1.83. The SMILES string of the molecule is NCc1cc(Cl)nc(C(F)F)c1C(=O)O. The minimum absolute atomic E-state index is 0.0396. The Labute approximate surface area is 88.7 Å². The summed E-state index contributed by atoms with van der Waals surface area (Å²) in [6.07, 6.45) is -3.00. The van der Waals surface area contributed by atoms with Gasteiger partial charge in [0.05, 0.1) is 5.56 Å². The fourth-order valence-corrected chi connectivity index (χ4v) is 1.37. The molecule has 0 fully saturated rings. The fourth-order valence-electron chi connectivity index (χ4n) is 1.15. The Morgan fingerprint density at radius 2 is 2.27 bits per heavy atom. The van der Waals surface area contributed by atoms with Gasteiger partial charge in [-0.2, -0.15) is 0 Å².